The van der Waals surface area contributed by atoms with Crippen LogP contribution in [0.25, 0.3) is 0 Å². The average Bonchev–Trinajstić information content (AvgIpc) is 2.95. The van der Waals surface area contributed by atoms with E-state index in [1.54, 1.807) is 0 Å². The summed E-state index contributed by atoms with van der Waals surface area (Å²) in [4.78, 5) is 22.3. The molecule has 1 aromatic carbocycles. The van der Waals surface area contributed by atoms with Gasteiger partial charge in [-0.05, 0) is 17.9 Å². The van der Waals surface area contributed by atoms with Gasteiger partial charge in [0.05, 0.1) is 16.2 Å². The Morgan fingerprint density at radius 3 is 2.63 bits per heavy atom. The lowest BCUT2D eigenvalue weighted by atomic mass is 10.1. The van der Waals surface area contributed by atoms with Gasteiger partial charge in [0.15, 0.2) is 0 Å². The molecule has 102 valence electrons. The van der Waals surface area contributed by atoms with E-state index in [0.29, 0.717) is 5.69 Å². The molecule has 2 rings (SSSR count). The predicted molar refractivity (Wildman–Crippen MR) is 70.6 cm³/mol. The fourth-order valence-electron chi connectivity index (χ4n) is 1.91. The van der Waals surface area contributed by atoms with Crippen molar-refractivity contribution in [2.75, 3.05) is 5.43 Å². The van der Waals surface area contributed by atoms with Gasteiger partial charge in [-0.15, -0.1) is 0 Å². The molecule has 7 nitrogen and oxygen atoms in total. The molecule has 4 N–H and O–H groups in total. The Kier molecular flexibility index (Phi) is 3.15. The summed E-state index contributed by atoms with van der Waals surface area (Å²) in [6.07, 6.45) is 0.902. The third-order valence-corrected chi connectivity index (χ3v) is 3.43. The maximum atomic E-state index is 12.1. The third kappa shape index (κ3) is 2.65. The zero-order valence-electron chi connectivity index (χ0n) is 10.8. The largest absolute Gasteiger partial charge is 0.349 e. The van der Waals surface area contributed by atoms with E-state index in [-0.39, 0.29) is 28.6 Å². The number of nitro benzene ring substituents is 1. The summed E-state index contributed by atoms with van der Waals surface area (Å²) in [6, 6.07) is 4.04. The molecule has 0 spiro atoms. The lowest BCUT2D eigenvalue weighted by molar-refractivity contribution is -0.384. The lowest BCUT2D eigenvalue weighted by Crippen LogP contribution is -2.29. The molecule has 1 fully saturated rings. The summed E-state index contributed by atoms with van der Waals surface area (Å²) < 4.78 is 0. The molecule has 1 atom stereocenters. The monoisotopic (exact) mass is 264 g/mol. The molecular formula is C12H16N4O3. The maximum absolute atomic E-state index is 12.1. The second-order valence-corrected chi connectivity index (χ2v) is 5.35. The Hall–Kier alpha value is -2.15. The first-order valence-corrected chi connectivity index (χ1v) is 5.91. The summed E-state index contributed by atoms with van der Waals surface area (Å²) in [5.41, 5.74) is 2.87. The quantitative estimate of drug-likeness (QED) is 0.432. The molecular weight excluding hydrogens is 248 g/mol. The van der Waals surface area contributed by atoms with Crippen molar-refractivity contribution in [2.24, 2.45) is 11.3 Å². The second kappa shape index (κ2) is 4.51. The van der Waals surface area contributed by atoms with Crippen LogP contribution < -0.4 is 16.6 Å². The Labute approximate surface area is 110 Å². The Morgan fingerprint density at radius 1 is 1.53 bits per heavy atom. The summed E-state index contributed by atoms with van der Waals surface area (Å²) >= 11 is 0. The molecule has 0 aliphatic heterocycles. The van der Waals surface area contributed by atoms with Gasteiger partial charge in [-0.25, -0.2) is 0 Å². The minimum absolute atomic E-state index is 0.0900. The number of hydrogen-bond acceptors (Lipinski definition) is 5. The highest BCUT2D eigenvalue weighted by molar-refractivity contribution is 6.00. The highest BCUT2D eigenvalue weighted by Crippen LogP contribution is 2.44. The van der Waals surface area contributed by atoms with Crippen LogP contribution in [0, 0.1) is 15.5 Å². The van der Waals surface area contributed by atoms with Crippen LogP contribution in [0.4, 0.5) is 11.4 Å². The van der Waals surface area contributed by atoms with Crippen LogP contribution in [0.1, 0.15) is 30.6 Å². The molecule has 0 aromatic heterocycles. The van der Waals surface area contributed by atoms with Crippen molar-refractivity contribution in [1.82, 2.24) is 5.32 Å². The number of carbonyl (C=O) groups excluding carboxylic acids is 1. The number of hydrazine groups is 1. The van der Waals surface area contributed by atoms with Crippen LogP contribution in [0.5, 0.6) is 0 Å². The van der Waals surface area contributed by atoms with Gasteiger partial charge in [-0.1, -0.05) is 13.8 Å². The first-order chi connectivity index (χ1) is 8.85. The van der Waals surface area contributed by atoms with Gasteiger partial charge < -0.3 is 10.7 Å². The molecule has 1 aromatic rings. The van der Waals surface area contributed by atoms with Gasteiger partial charge in [-0.2, -0.15) is 0 Å². The molecule has 0 bridgehead atoms. The minimum atomic E-state index is -0.544. The number of nitro groups is 1. The van der Waals surface area contributed by atoms with E-state index >= 15 is 0 Å². The molecule has 19 heavy (non-hydrogen) atoms. The number of hydrogen-bond donors (Lipinski definition) is 3. The number of benzene rings is 1. The standard InChI is InChI=1S/C12H16N4O3/c1-12(2)6-10(12)14-11(17)8-5-7(16(18)19)3-4-9(8)15-13/h3-5,10,15H,6,13H2,1-2H3,(H,14,17). The Morgan fingerprint density at radius 2 is 2.16 bits per heavy atom. The van der Waals surface area contributed by atoms with Crippen molar-refractivity contribution in [2.45, 2.75) is 26.3 Å². The van der Waals surface area contributed by atoms with E-state index in [0.717, 1.165) is 6.42 Å². The van der Waals surface area contributed by atoms with Crippen LogP contribution in [-0.2, 0) is 0 Å². The average molecular weight is 264 g/mol. The summed E-state index contributed by atoms with van der Waals surface area (Å²) in [5.74, 6) is 4.96. The maximum Gasteiger partial charge on any atom is 0.270 e. The SMILES string of the molecule is CC1(C)CC1NC(=O)c1cc([N+](=O)[O-])ccc1NN. The van der Waals surface area contributed by atoms with E-state index in [2.05, 4.69) is 10.7 Å². The van der Waals surface area contributed by atoms with Gasteiger partial charge >= 0.3 is 0 Å². The fourth-order valence-corrected chi connectivity index (χ4v) is 1.91. The molecule has 1 aliphatic rings. The molecule has 1 aliphatic carbocycles. The van der Waals surface area contributed by atoms with Gasteiger partial charge in [0, 0.05) is 18.2 Å². The van der Waals surface area contributed by atoms with Crippen LogP contribution >= 0.6 is 0 Å². The van der Waals surface area contributed by atoms with Crippen molar-refractivity contribution in [3.8, 4) is 0 Å². The number of anilines is 1. The summed E-state index contributed by atoms with van der Waals surface area (Å²) in [7, 11) is 0. The molecule has 0 heterocycles. The van der Waals surface area contributed by atoms with Crippen LogP contribution in [-0.4, -0.2) is 16.9 Å². The van der Waals surface area contributed by atoms with E-state index < -0.39 is 4.92 Å². The normalized spacial score (nSPS) is 19.6. The molecule has 1 saturated carbocycles. The first-order valence-electron chi connectivity index (χ1n) is 5.91. The predicted octanol–water partition coefficient (Wildman–Crippen LogP) is 1.41. The van der Waals surface area contributed by atoms with Crippen molar-refractivity contribution in [3.05, 3.63) is 33.9 Å². The molecule has 1 amide bonds. The highest BCUT2D eigenvalue weighted by atomic mass is 16.6. The number of non-ortho nitro benzene ring substituents is 1. The topological polar surface area (TPSA) is 110 Å². The Balaban J connectivity index is 2.24. The molecule has 0 radical (unpaired) electrons. The van der Waals surface area contributed by atoms with Crippen LogP contribution in [0.2, 0.25) is 0 Å². The summed E-state index contributed by atoms with van der Waals surface area (Å²) in [6.45, 7) is 4.10. The van der Waals surface area contributed by atoms with Crippen LogP contribution in [0.15, 0.2) is 18.2 Å². The molecule has 7 heteroatoms. The van der Waals surface area contributed by atoms with Gasteiger partial charge in [0.2, 0.25) is 0 Å². The van der Waals surface area contributed by atoms with Gasteiger partial charge in [0.1, 0.15) is 0 Å². The van der Waals surface area contributed by atoms with E-state index in [9.17, 15) is 14.9 Å². The smallest absolute Gasteiger partial charge is 0.270 e. The van der Waals surface area contributed by atoms with E-state index in [4.69, 9.17) is 5.84 Å². The Bertz CT molecular complexity index is 542. The lowest BCUT2D eigenvalue weighted by Gasteiger charge is -2.10. The number of rotatable bonds is 4. The number of nitrogen functional groups attached to an aromatic ring is 1. The third-order valence-electron chi connectivity index (χ3n) is 3.43. The number of nitrogens with zero attached hydrogens (tertiary/aromatic N) is 1. The number of nitrogens with one attached hydrogen (secondary N) is 2. The van der Waals surface area contributed by atoms with Crippen molar-refractivity contribution in [1.29, 1.82) is 0 Å². The number of amides is 1. The molecule has 0 saturated heterocycles. The second-order valence-electron chi connectivity index (χ2n) is 5.35. The minimum Gasteiger partial charge on any atom is -0.349 e. The van der Waals surface area contributed by atoms with Crippen molar-refractivity contribution >= 4 is 17.3 Å². The van der Waals surface area contributed by atoms with E-state index in [1.165, 1.54) is 18.2 Å². The van der Waals surface area contributed by atoms with Gasteiger partial charge in [-0.3, -0.25) is 20.8 Å². The van der Waals surface area contributed by atoms with Crippen molar-refractivity contribution in [3.63, 3.8) is 0 Å². The van der Waals surface area contributed by atoms with E-state index in [1.807, 2.05) is 13.8 Å². The molecule has 1 unspecified atom stereocenters. The highest BCUT2D eigenvalue weighted by Gasteiger charge is 2.46. The first kappa shape index (κ1) is 13.3. The van der Waals surface area contributed by atoms with Crippen molar-refractivity contribution < 1.29 is 9.72 Å². The zero-order valence-corrected chi connectivity index (χ0v) is 10.8. The zero-order chi connectivity index (χ0) is 14.2. The summed E-state index contributed by atoms with van der Waals surface area (Å²) in [5, 5.41) is 13.6. The fraction of sp³-hybridized carbons (Fsp3) is 0.417. The van der Waals surface area contributed by atoms with Crippen LogP contribution in [0.3, 0.4) is 0 Å². The number of nitrogens with two attached hydrogens (primary N) is 1. The number of carbonyl (C=O) groups is 1. The van der Waals surface area contributed by atoms with Gasteiger partial charge in [0.25, 0.3) is 11.6 Å².